The molecule has 0 spiro atoms. The smallest absolute Gasteiger partial charge is 0.266 e. The minimum atomic E-state index is -0.557. The lowest BCUT2D eigenvalue weighted by Crippen LogP contribution is -2.14. The van der Waals surface area contributed by atoms with E-state index in [-0.39, 0.29) is 5.57 Å². The summed E-state index contributed by atoms with van der Waals surface area (Å²) < 4.78 is 12.0. The van der Waals surface area contributed by atoms with Crippen LogP contribution in [0.25, 0.3) is 16.8 Å². The first-order valence-electron chi connectivity index (χ1n) is 12.1. The van der Waals surface area contributed by atoms with Crippen molar-refractivity contribution in [2.75, 3.05) is 11.9 Å². The number of aryl methyl sites for hydroxylation is 2. The van der Waals surface area contributed by atoms with Crippen LogP contribution < -0.4 is 14.8 Å². The van der Waals surface area contributed by atoms with Crippen LogP contribution in [0.3, 0.4) is 0 Å². The summed E-state index contributed by atoms with van der Waals surface area (Å²) in [5.74, 6) is 0.266. The second kappa shape index (κ2) is 12.0. The molecule has 0 aliphatic carbocycles. The fourth-order valence-electron chi connectivity index (χ4n) is 4.09. The van der Waals surface area contributed by atoms with Crippen LogP contribution in [0.5, 0.6) is 11.5 Å². The zero-order chi connectivity index (χ0) is 27.2. The minimum Gasteiger partial charge on any atom is -0.490 e. The van der Waals surface area contributed by atoms with Crippen molar-refractivity contribution in [1.29, 1.82) is 5.26 Å². The van der Waals surface area contributed by atoms with E-state index in [0.717, 1.165) is 27.5 Å². The Kier molecular flexibility index (Phi) is 8.58. The average molecular weight is 545 g/mol. The number of rotatable bonds is 8. The molecule has 0 aliphatic rings. The van der Waals surface area contributed by atoms with Gasteiger partial charge in [-0.25, -0.2) is 0 Å². The molecular weight excluding hydrogens is 519 g/mol. The van der Waals surface area contributed by atoms with Crippen LogP contribution in [0, 0.1) is 25.2 Å². The van der Waals surface area contributed by atoms with Crippen LogP contribution in [0.15, 0.2) is 72.3 Å². The number of anilines is 1. The second-order valence-electron chi connectivity index (χ2n) is 8.72. The fourth-order valence-corrected chi connectivity index (χ4v) is 4.53. The minimum absolute atomic E-state index is 0.0945. The van der Waals surface area contributed by atoms with Gasteiger partial charge in [-0.15, -0.1) is 0 Å². The normalized spacial score (nSPS) is 11.2. The van der Waals surface area contributed by atoms with E-state index in [2.05, 4.69) is 29.6 Å². The molecule has 7 heteroatoms. The Morgan fingerprint density at radius 2 is 1.76 bits per heavy atom. The number of hydrogen-bond donors (Lipinski definition) is 1. The molecule has 4 rings (SSSR count). The third-order valence-corrected chi connectivity index (χ3v) is 6.61. The summed E-state index contributed by atoms with van der Waals surface area (Å²) >= 11 is 12.7. The van der Waals surface area contributed by atoms with E-state index in [1.165, 1.54) is 6.08 Å². The maximum absolute atomic E-state index is 12.8. The number of ether oxygens (including phenoxy) is 2. The first-order valence-corrected chi connectivity index (χ1v) is 12.8. The molecule has 0 atom stereocenters. The third-order valence-electron chi connectivity index (χ3n) is 6.09. The first kappa shape index (κ1) is 27.1. The van der Waals surface area contributed by atoms with Crippen molar-refractivity contribution in [3.63, 3.8) is 0 Å². The molecule has 0 saturated heterocycles. The Labute approximate surface area is 232 Å². The predicted molar refractivity (Wildman–Crippen MR) is 154 cm³/mol. The Morgan fingerprint density at radius 1 is 1.00 bits per heavy atom. The highest BCUT2D eigenvalue weighted by Crippen LogP contribution is 2.38. The van der Waals surface area contributed by atoms with Crippen molar-refractivity contribution in [2.24, 2.45) is 0 Å². The molecule has 1 amide bonds. The van der Waals surface area contributed by atoms with Gasteiger partial charge in [0, 0.05) is 16.3 Å². The molecule has 0 aromatic heterocycles. The standard InChI is InChI=1S/C31H26Cl2N2O3/c1-4-37-29-15-21(13-23(17-34)31(36)35-28-16-24(32)12-10-20(28)3)14-27(33)30(29)38-18-26-19(2)9-11-22-7-5-6-8-25(22)26/h5-16H,4,18H2,1-3H3,(H,35,36)/b23-13+. The highest BCUT2D eigenvalue weighted by Gasteiger charge is 2.16. The molecule has 0 unspecified atom stereocenters. The van der Waals surface area contributed by atoms with Gasteiger partial charge in [-0.1, -0.05) is 65.7 Å². The third kappa shape index (κ3) is 6.11. The molecule has 4 aromatic carbocycles. The van der Waals surface area contributed by atoms with Crippen molar-refractivity contribution in [3.05, 3.63) is 105 Å². The van der Waals surface area contributed by atoms with Crippen LogP contribution >= 0.6 is 23.2 Å². The van der Waals surface area contributed by atoms with Crippen LogP contribution in [0.2, 0.25) is 10.0 Å². The number of nitrogens with one attached hydrogen (secondary N) is 1. The second-order valence-corrected chi connectivity index (χ2v) is 9.56. The van der Waals surface area contributed by atoms with Gasteiger partial charge in [-0.3, -0.25) is 4.79 Å². The van der Waals surface area contributed by atoms with E-state index in [1.807, 2.05) is 39.0 Å². The van der Waals surface area contributed by atoms with E-state index < -0.39 is 5.91 Å². The molecule has 0 radical (unpaired) electrons. The Hall–Kier alpha value is -3.98. The number of hydrogen-bond acceptors (Lipinski definition) is 4. The Morgan fingerprint density at radius 3 is 2.53 bits per heavy atom. The summed E-state index contributed by atoms with van der Waals surface area (Å²) in [6.45, 7) is 6.42. The lowest BCUT2D eigenvalue weighted by atomic mass is 10.0. The number of amides is 1. The van der Waals surface area contributed by atoms with Crippen molar-refractivity contribution in [1.82, 2.24) is 0 Å². The van der Waals surface area contributed by atoms with Gasteiger partial charge in [0.05, 0.1) is 11.6 Å². The summed E-state index contributed by atoms with van der Waals surface area (Å²) in [4.78, 5) is 12.8. The van der Waals surface area contributed by atoms with Gasteiger partial charge in [-0.05, 0) is 78.6 Å². The van der Waals surface area contributed by atoms with Gasteiger partial charge < -0.3 is 14.8 Å². The monoisotopic (exact) mass is 544 g/mol. The molecule has 1 N–H and O–H groups in total. The van der Waals surface area contributed by atoms with E-state index in [4.69, 9.17) is 32.7 Å². The lowest BCUT2D eigenvalue weighted by Gasteiger charge is -2.17. The van der Waals surface area contributed by atoms with Gasteiger partial charge >= 0.3 is 0 Å². The van der Waals surface area contributed by atoms with Gasteiger partial charge in [-0.2, -0.15) is 5.26 Å². The molecule has 0 fully saturated rings. The summed E-state index contributed by atoms with van der Waals surface area (Å²) in [5.41, 5.74) is 3.96. The molecule has 5 nitrogen and oxygen atoms in total. The highest BCUT2D eigenvalue weighted by atomic mass is 35.5. The number of halogens is 2. The van der Waals surface area contributed by atoms with Gasteiger partial charge in [0.1, 0.15) is 18.2 Å². The maximum atomic E-state index is 12.8. The fraction of sp³-hybridized carbons (Fsp3) is 0.161. The van der Waals surface area contributed by atoms with Crippen LogP contribution in [-0.4, -0.2) is 12.5 Å². The van der Waals surface area contributed by atoms with Crippen LogP contribution in [-0.2, 0) is 11.4 Å². The summed E-state index contributed by atoms with van der Waals surface area (Å²) in [6, 6.07) is 22.8. The number of benzene rings is 4. The molecule has 0 bridgehead atoms. The largest absolute Gasteiger partial charge is 0.490 e. The SMILES string of the molecule is CCOc1cc(/C=C(\C#N)C(=O)Nc2cc(Cl)ccc2C)cc(Cl)c1OCc1c(C)ccc2ccccc12. The van der Waals surface area contributed by atoms with Crippen LogP contribution in [0.4, 0.5) is 5.69 Å². The van der Waals surface area contributed by atoms with Crippen molar-refractivity contribution in [2.45, 2.75) is 27.4 Å². The summed E-state index contributed by atoms with van der Waals surface area (Å²) in [6.07, 6.45) is 1.46. The summed E-state index contributed by atoms with van der Waals surface area (Å²) in [5, 5.41) is 15.5. The number of carbonyl (C=O) groups excluding carboxylic acids is 1. The lowest BCUT2D eigenvalue weighted by molar-refractivity contribution is -0.112. The van der Waals surface area contributed by atoms with Crippen molar-refractivity contribution >= 4 is 51.6 Å². The molecule has 0 heterocycles. The van der Waals surface area contributed by atoms with Gasteiger partial charge in [0.15, 0.2) is 11.5 Å². The van der Waals surface area contributed by atoms with Gasteiger partial charge in [0.2, 0.25) is 0 Å². The number of carbonyl (C=O) groups is 1. The first-order chi connectivity index (χ1) is 18.3. The topological polar surface area (TPSA) is 71.3 Å². The van der Waals surface area contributed by atoms with E-state index in [1.54, 1.807) is 30.3 Å². The molecule has 38 heavy (non-hydrogen) atoms. The summed E-state index contributed by atoms with van der Waals surface area (Å²) in [7, 11) is 0. The maximum Gasteiger partial charge on any atom is 0.266 e. The molecule has 0 aliphatic heterocycles. The van der Waals surface area contributed by atoms with Crippen molar-refractivity contribution < 1.29 is 14.3 Å². The molecule has 0 saturated carbocycles. The predicted octanol–water partition coefficient (Wildman–Crippen LogP) is 8.29. The van der Waals surface area contributed by atoms with E-state index in [0.29, 0.717) is 46.0 Å². The number of fused-ring (bicyclic) bond motifs is 1. The Balaban J connectivity index is 1.62. The Bertz CT molecular complexity index is 1590. The zero-order valence-electron chi connectivity index (χ0n) is 21.3. The zero-order valence-corrected chi connectivity index (χ0v) is 22.8. The molecular formula is C31H26Cl2N2O3. The van der Waals surface area contributed by atoms with E-state index >= 15 is 0 Å². The number of nitrogens with zero attached hydrogens (tertiary/aromatic N) is 1. The van der Waals surface area contributed by atoms with Gasteiger partial charge in [0.25, 0.3) is 5.91 Å². The quantitative estimate of drug-likeness (QED) is 0.179. The number of nitriles is 1. The average Bonchev–Trinajstić information content (AvgIpc) is 2.90. The molecule has 4 aromatic rings. The molecule has 192 valence electrons. The van der Waals surface area contributed by atoms with Crippen molar-refractivity contribution in [3.8, 4) is 17.6 Å². The van der Waals surface area contributed by atoms with E-state index in [9.17, 15) is 10.1 Å². The highest BCUT2D eigenvalue weighted by molar-refractivity contribution is 6.32. The van der Waals surface area contributed by atoms with Crippen LogP contribution in [0.1, 0.15) is 29.2 Å².